The van der Waals surface area contributed by atoms with Gasteiger partial charge in [-0.15, -0.1) is 0 Å². The maximum atomic E-state index is 12.3. The summed E-state index contributed by atoms with van der Waals surface area (Å²) in [5, 5.41) is 0. The van der Waals surface area contributed by atoms with Crippen LogP contribution in [0.15, 0.2) is 35.3 Å². The lowest BCUT2D eigenvalue weighted by molar-refractivity contribution is -0.147. The Morgan fingerprint density at radius 1 is 1.37 bits per heavy atom. The molecule has 6 heteroatoms. The molecule has 0 saturated carbocycles. The van der Waals surface area contributed by atoms with E-state index in [9.17, 15) is 9.59 Å². The molecular formula is C13H15N3O3. The average molecular weight is 261 g/mol. The smallest absolute Gasteiger partial charge is 0.332 e. The minimum absolute atomic E-state index is 0.232. The van der Waals surface area contributed by atoms with Gasteiger partial charge in [-0.1, -0.05) is 18.2 Å². The second-order valence-corrected chi connectivity index (χ2v) is 4.03. The number of rotatable bonds is 3. The van der Waals surface area contributed by atoms with E-state index in [-0.39, 0.29) is 12.5 Å². The molecule has 1 aromatic rings. The summed E-state index contributed by atoms with van der Waals surface area (Å²) in [6.07, 6.45) is 0.508. The predicted octanol–water partition coefficient (Wildman–Crippen LogP) is 0.387. The van der Waals surface area contributed by atoms with E-state index in [0.29, 0.717) is 5.56 Å². The molecule has 1 amide bonds. The Morgan fingerprint density at radius 3 is 2.68 bits per heavy atom. The molecule has 2 atom stereocenters. The first kappa shape index (κ1) is 13.2. The van der Waals surface area contributed by atoms with Gasteiger partial charge in [0.1, 0.15) is 6.17 Å². The van der Waals surface area contributed by atoms with Gasteiger partial charge in [0.15, 0.2) is 6.04 Å². The van der Waals surface area contributed by atoms with Crippen LogP contribution in [0, 0.1) is 0 Å². The summed E-state index contributed by atoms with van der Waals surface area (Å²) in [6.45, 7) is 1.93. The molecule has 1 aliphatic rings. The van der Waals surface area contributed by atoms with Crippen molar-refractivity contribution in [2.24, 2.45) is 10.7 Å². The second-order valence-electron chi connectivity index (χ2n) is 4.03. The fourth-order valence-electron chi connectivity index (χ4n) is 1.86. The number of nitrogens with zero attached hydrogens (tertiary/aromatic N) is 2. The van der Waals surface area contributed by atoms with Crippen LogP contribution in [0.5, 0.6) is 0 Å². The molecule has 2 N–H and O–H groups in total. The van der Waals surface area contributed by atoms with E-state index >= 15 is 0 Å². The van der Waals surface area contributed by atoms with Crippen LogP contribution < -0.4 is 5.73 Å². The monoisotopic (exact) mass is 261 g/mol. The molecule has 1 aromatic carbocycles. The van der Waals surface area contributed by atoms with Crippen LogP contribution in [0.1, 0.15) is 17.3 Å². The van der Waals surface area contributed by atoms with Crippen LogP contribution in [0.3, 0.4) is 0 Å². The third-order valence-corrected chi connectivity index (χ3v) is 2.77. The normalized spacial score (nSPS) is 21.5. The first-order valence-corrected chi connectivity index (χ1v) is 5.98. The van der Waals surface area contributed by atoms with Crippen LogP contribution in [-0.4, -0.2) is 41.9 Å². The molecule has 0 spiro atoms. The van der Waals surface area contributed by atoms with Crippen molar-refractivity contribution in [3.8, 4) is 0 Å². The van der Waals surface area contributed by atoms with Gasteiger partial charge in [-0.3, -0.25) is 14.7 Å². The summed E-state index contributed by atoms with van der Waals surface area (Å²) in [5.41, 5.74) is 6.19. The van der Waals surface area contributed by atoms with Gasteiger partial charge in [0.25, 0.3) is 5.91 Å². The molecule has 100 valence electrons. The van der Waals surface area contributed by atoms with Crippen molar-refractivity contribution < 1.29 is 14.3 Å². The summed E-state index contributed by atoms with van der Waals surface area (Å²) in [5.74, 6) is -0.868. The van der Waals surface area contributed by atoms with Gasteiger partial charge in [-0.2, -0.15) is 0 Å². The minimum atomic E-state index is -0.896. The van der Waals surface area contributed by atoms with Gasteiger partial charge in [0.2, 0.25) is 0 Å². The molecule has 0 aliphatic carbocycles. The molecule has 0 bridgehead atoms. The number of esters is 1. The van der Waals surface area contributed by atoms with Crippen molar-refractivity contribution in [1.82, 2.24) is 4.90 Å². The van der Waals surface area contributed by atoms with Crippen molar-refractivity contribution in [3.63, 3.8) is 0 Å². The number of carbonyl (C=O) groups excluding carboxylic acids is 2. The van der Waals surface area contributed by atoms with Gasteiger partial charge < -0.3 is 10.5 Å². The maximum absolute atomic E-state index is 12.3. The summed E-state index contributed by atoms with van der Waals surface area (Å²) in [6, 6.07) is 7.75. The Morgan fingerprint density at radius 2 is 2.05 bits per heavy atom. The van der Waals surface area contributed by atoms with Crippen LogP contribution in [0.25, 0.3) is 0 Å². The second kappa shape index (κ2) is 5.62. The Labute approximate surface area is 110 Å². The highest BCUT2D eigenvalue weighted by Gasteiger charge is 2.39. The van der Waals surface area contributed by atoms with E-state index in [4.69, 9.17) is 10.5 Å². The zero-order valence-corrected chi connectivity index (χ0v) is 10.5. The number of ether oxygens (including phenoxy) is 1. The molecule has 0 aromatic heterocycles. The largest absolute Gasteiger partial charge is 0.464 e. The van der Waals surface area contributed by atoms with Gasteiger partial charge in [-0.25, -0.2) is 4.79 Å². The molecule has 1 aliphatic heterocycles. The third-order valence-electron chi connectivity index (χ3n) is 2.77. The number of aliphatic imine (C=N–C) groups is 1. The first-order valence-electron chi connectivity index (χ1n) is 5.98. The van der Waals surface area contributed by atoms with Gasteiger partial charge >= 0.3 is 5.97 Å². The van der Waals surface area contributed by atoms with E-state index in [1.165, 1.54) is 11.2 Å². The highest BCUT2D eigenvalue weighted by Crippen LogP contribution is 2.15. The third kappa shape index (κ3) is 2.63. The van der Waals surface area contributed by atoms with Gasteiger partial charge in [-0.05, 0) is 19.1 Å². The predicted molar refractivity (Wildman–Crippen MR) is 69.5 cm³/mol. The number of hydrogen-bond acceptors (Lipinski definition) is 5. The summed E-state index contributed by atoms with van der Waals surface area (Å²) in [7, 11) is 0. The molecule has 6 nitrogen and oxygen atoms in total. The molecule has 1 heterocycles. The molecule has 0 radical (unpaired) electrons. The van der Waals surface area contributed by atoms with Crippen LogP contribution >= 0.6 is 0 Å². The van der Waals surface area contributed by atoms with Crippen molar-refractivity contribution in [3.05, 3.63) is 35.9 Å². The van der Waals surface area contributed by atoms with E-state index in [1.807, 2.05) is 6.07 Å². The topological polar surface area (TPSA) is 85.0 Å². The zero-order chi connectivity index (χ0) is 13.8. The Kier molecular flexibility index (Phi) is 3.91. The summed E-state index contributed by atoms with van der Waals surface area (Å²) >= 11 is 0. The Bertz CT molecular complexity index is 501. The molecule has 0 fully saturated rings. The highest BCUT2D eigenvalue weighted by atomic mass is 16.5. The van der Waals surface area contributed by atoms with Crippen LogP contribution in [0.2, 0.25) is 0 Å². The quantitative estimate of drug-likeness (QED) is 0.797. The van der Waals surface area contributed by atoms with Crippen molar-refractivity contribution in [2.45, 2.75) is 19.1 Å². The van der Waals surface area contributed by atoms with Crippen LogP contribution in [-0.2, 0) is 9.53 Å². The van der Waals surface area contributed by atoms with E-state index in [2.05, 4.69) is 4.99 Å². The summed E-state index contributed by atoms with van der Waals surface area (Å²) in [4.78, 5) is 29.2. The van der Waals surface area contributed by atoms with E-state index in [0.717, 1.165) is 0 Å². The van der Waals surface area contributed by atoms with Crippen molar-refractivity contribution in [1.29, 1.82) is 0 Å². The summed E-state index contributed by atoms with van der Waals surface area (Å²) < 4.78 is 4.92. The molecule has 19 heavy (non-hydrogen) atoms. The zero-order valence-electron chi connectivity index (χ0n) is 10.5. The van der Waals surface area contributed by atoms with Crippen molar-refractivity contribution >= 4 is 18.2 Å². The lowest BCUT2D eigenvalue weighted by Gasteiger charge is -2.22. The number of hydrogen-bond donors (Lipinski definition) is 1. The van der Waals surface area contributed by atoms with E-state index < -0.39 is 18.2 Å². The molecule has 0 saturated heterocycles. The van der Waals surface area contributed by atoms with Gasteiger partial charge in [0.05, 0.1) is 12.9 Å². The first-order chi connectivity index (χ1) is 9.15. The minimum Gasteiger partial charge on any atom is -0.464 e. The number of carbonyl (C=O) groups is 2. The van der Waals surface area contributed by atoms with Crippen molar-refractivity contribution in [2.75, 3.05) is 6.61 Å². The molecular weight excluding hydrogens is 246 g/mol. The Hall–Kier alpha value is -2.21. The van der Waals surface area contributed by atoms with E-state index in [1.54, 1.807) is 31.2 Å². The maximum Gasteiger partial charge on any atom is 0.332 e. The molecule has 2 rings (SSSR count). The fraction of sp³-hybridized carbons (Fsp3) is 0.308. The van der Waals surface area contributed by atoms with Crippen LogP contribution in [0.4, 0.5) is 0 Å². The lowest BCUT2D eigenvalue weighted by atomic mass is 10.1. The standard InChI is InChI=1S/C13H15N3O3/c1-2-19-13(18)10-11(14)15-8-16(10)12(17)9-6-4-3-5-7-9/h3-8,10-11H,2,14H2,1H3. The fourth-order valence-corrected chi connectivity index (χ4v) is 1.86. The van der Waals surface area contributed by atoms with Gasteiger partial charge in [0, 0.05) is 5.56 Å². The Balaban J connectivity index is 2.21. The number of benzene rings is 1. The highest BCUT2D eigenvalue weighted by molar-refractivity contribution is 6.04. The molecule has 2 unspecified atom stereocenters. The lowest BCUT2D eigenvalue weighted by Crippen LogP contribution is -2.49. The average Bonchev–Trinajstić information content (AvgIpc) is 2.81. The number of nitrogens with two attached hydrogens (primary N) is 1. The number of amides is 1. The SMILES string of the molecule is CCOC(=O)C1C(N)N=CN1C(=O)c1ccccc1.